The number of nitrogens with zero attached hydrogens (tertiary/aromatic N) is 4. The van der Waals surface area contributed by atoms with E-state index in [0.717, 1.165) is 18.6 Å². The zero-order chi connectivity index (χ0) is 20.9. The van der Waals surface area contributed by atoms with Gasteiger partial charge in [-0.05, 0) is 30.0 Å². The molecule has 2 aromatic carbocycles. The van der Waals surface area contributed by atoms with Crippen LogP contribution < -0.4 is 10.6 Å². The van der Waals surface area contributed by atoms with Crippen LogP contribution in [0.25, 0.3) is 11.2 Å². The first-order valence-corrected chi connectivity index (χ1v) is 10.1. The molecule has 0 bridgehead atoms. The molecule has 0 spiro atoms. The molecule has 0 saturated heterocycles. The maximum Gasteiger partial charge on any atom is 0.224 e. The van der Waals surface area contributed by atoms with Crippen LogP contribution in [0.3, 0.4) is 0 Å². The van der Waals surface area contributed by atoms with Crippen LogP contribution in [0.5, 0.6) is 0 Å². The first kappa shape index (κ1) is 19.8. The summed E-state index contributed by atoms with van der Waals surface area (Å²) in [4.78, 5) is 13.7. The fourth-order valence-electron chi connectivity index (χ4n) is 3.28. The predicted molar refractivity (Wildman–Crippen MR) is 118 cm³/mol. The van der Waals surface area contributed by atoms with Crippen molar-refractivity contribution in [1.29, 1.82) is 0 Å². The lowest BCUT2D eigenvalue weighted by molar-refractivity contribution is 0.534. The lowest BCUT2D eigenvalue weighted by atomic mass is 10.1. The molecule has 2 aromatic heterocycles. The van der Waals surface area contributed by atoms with E-state index in [0.29, 0.717) is 35.6 Å². The average Bonchev–Trinajstić information content (AvgIpc) is 3.06. The fourth-order valence-corrected chi connectivity index (χ4v) is 3.28. The Bertz CT molecular complexity index is 1120. The summed E-state index contributed by atoms with van der Waals surface area (Å²) in [5.74, 6) is 1.16. The van der Waals surface area contributed by atoms with E-state index in [9.17, 15) is 4.39 Å². The largest absolute Gasteiger partial charge is 0.354 e. The van der Waals surface area contributed by atoms with Gasteiger partial charge < -0.3 is 10.6 Å². The number of benzene rings is 2. The van der Waals surface area contributed by atoms with Gasteiger partial charge in [0.15, 0.2) is 5.65 Å². The molecule has 2 N–H and O–H groups in total. The second kappa shape index (κ2) is 8.90. The molecule has 0 aliphatic rings. The molecule has 30 heavy (non-hydrogen) atoms. The lowest BCUT2D eigenvalue weighted by Gasteiger charge is -2.13. The molecule has 0 radical (unpaired) electrons. The molecule has 0 atom stereocenters. The molecule has 154 valence electrons. The number of halogens is 1. The number of imidazole rings is 1. The number of nitrogens with one attached hydrogen (secondary N) is 2. The monoisotopic (exact) mass is 404 g/mol. The Morgan fingerprint density at radius 1 is 1.00 bits per heavy atom. The summed E-state index contributed by atoms with van der Waals surface area (Å²) < 4.78 is 16.1. The Labute approximate surface area is 175 Å². The molecular formula is C23H25FN6. The average molecular weight is 404 g/mol. The molecule has 0 aliphatic heterocycles. The van der Waals surface area contributed by atoms with Crippen molar-refractivity contribution in [3.8, 4) is 0 Å². The molecule has 7 heteroatoms. The number of aromatic nitrogens is 4. The van der Waals surface area contributed by atoms with Gasteiger partial charge in [0.2, 0.25) is 11.9 Å². The molecule has 4 rings (SSSR count). The Morgan fingerprint density at radius 3 is 2.53 bits per heavy atom. The van der Waals surface area contributed by atoms with Crippen molar-refractivity contribution >= 4 is 28.7 Å². The summed E-state index contributed by atoms with van der Waals surface area (Å²) in [5, 5.41) is 6.40. The van der Waals surface area contributed by atoms with Crippen LogP contribution in [-0.2, 0) is 13.0 Å². The van der Waals surface area contributed by atoms with Crippen LogP contribution in [-0.4, -0.2) is 26.1 Å². The zero-order valence-electron chi connectivity index (χ0n) is 17.1. The van der Waals surface area contributed by atoms with Crippen LogP contribution in [0.15, 0.2) is 60.8 Å². The summed E-state index contributed by atoms with van der Waals surface area (Å²) in [7, 11) is 0. The van der Waals surface area contributed by atoms with Gasteiger partial charge in [-0.2, -0.15) is 4.98 Å². The summed E-state index contributed by atoms with van der Waals surface area (Å²) >= 11 is 0. The number of hydrogen-bond acceptors (Lipinski definition) is 5. The molecule has 4 aromatic rings. The predicted octanol–water partition coefficient (Wildman–Crippen LogP) is 5.02. The van der Waals surface area contributed by atoms with Gasteiger partial charge in [0.25, 0.3) is 0 Å². The molecule has 0 unspecified atom stereocenters. The molecule has 6 nitrogen and oxygen atoms in total. The summed E-state index contributed by atoms with van der Waals surface area (Å²) in [6.07, 6.45) is 2.59. The first-order valence-electron chi connectivity index (χ1n) is 10.1. The maximum absolute atomic E-state index is 14.1. The van der Waals surface area contributed by atoms with Gasteiger partial charge in [0.1, 0.15) is 11.3 Å². The molecule has 0 fully saturated rings. The standard InChI is InChI=1S/C23H25FN6/c1-16(2)15-30-21-20(28-23(30)27-19-11-7-6-10-18(19)24)14-26-22(29-21)25-13-12-17-8-4-3-5-9-17/h3-11,14,16H,12-13,15H2,1-2H3,(H,27,28)(H,25,26,29). The van der Waals surface area contributed by atoms with Gasteiger partial charge >= 0.3 is 0 Å². The third kappa shape index (κ3) is 4.56. The second-order valence-corrected chi connectivity index (χ2v) is 7.61. The van der Waals surface area contributed by atoms with Gasteiger partial charge in [-0.15, -0.1) is 0 Å². The normalized spacial score (nSPS) is 11.2. The quantitative estimate of drug-likeness (QED) is 0.432. The second-order valence-electron chi connectivity index (χ2n) is 7.61. The van der Waals surface area contributed by atoms with Crippen LogP contribution in [0, 0.1) is 11.7 Å². The van der Waals surface area contributed by atoms with Crippen molar-refractivity contribution < 1.29 is 4.39 Å². The lowest BCUT2D eigenvalue weighted by Crippen LogP contribution is -2.11. The Balaban J connectivity index is 1.59. The topological polar surface area (TPSA) is 67.7 Å². The molecule has 0 saturated carbocycles. The highest BCUT2D eigenvalue weighted by Gasteiger charge is 2.16. The van der Waals surface area contributed by atoms with Crippen LogP contribution >= 0.6 is 0 Å². The number of fused-ring (bicyclic) bond motifs is 1. The van der Waals surface area contributed by atoms with Gasteiger partial charge in [-0.3, -0.25) is 4.57 Å². The Hall–Kier alpha value is -3.48. The Kier molecular flexibility index (Phi) is 5.88. The maximum atomic E-state index is 14.1. The van der Waals surface area contributed by atoms with Crippen molar-refractivity contribution in [3.05, 3.63) is 72.2 Å². The number of hydrogen-bond donors (Lipinski definition) is 2. The van der Waals surface area contributed by atoms with Crippen LogP contribution in [0.1, 0.15) is 19.4 Å². The van der Waals surface area contributed by atoms with E-state index in [1.807, 2.05) is 22.8 Å². The van der Waals surface area contributed by atoms with Crippen molar-refractivity contribution in [2.75, 3.05) is 17.2 Å². The number of rotatable bonds is 8. The van der Waals surface area contributed by atoms with Gasteiger partial charge in [-0.1, -0.05) is 56.3 Å². The highest BCUT2D eigenvalue weighted by Crippen LogP contribution is 2.24. The van der Waals surface area contributed by atoms with Gasteiger partial charge in [-0.25, -0.2) is 14.4 Å². The number of para-hydroxylation sites is 1. The SMILES string of the molecule is CC(C)Cn1c(Nc2ccccc2F)nc2cnc(NCCc3ccccc3)nc21. The molecule has 2 heterocycles. The molecular weight excluding hydrogens is 379 g/mol. The van der Waals surface area contributed by atoms with Crippen molar-refractivity contribution in [2.45, 2.75) is 26.8 Å². The van der Waals surface area contributed by atoms with E-state index in [-0.39, 0.29) is 5.82 Å². The minimum absolute atomic E-state index is 0.324. The molecule has 0 aliphatic carbocycles. The third-order valence-electron chi connectivity index (χ3n) is 4.70. The third-order valence-corrected chi connectivity index (χ3v) is 4.70. The summed E-state index contributed by atoms with van der Waals surface area (Å²) in [6.45, 7) is 5.68. The van der Waals surface area contributed by atoms with Crippen molar-refractivity contribution in [2.24, 2.45) is 5.92 Å². The number of anilines is 3. The molecule has 0 amide bonds. The van der Waals surface area contributed by atoms with Crippen molar-refractivity contribution in [1.82, 2.24) is 19.5 Å². The summed E-state index contributed by atoms with van der Waals surface area (Å²) in [5.41, 5.74) is 3.03. The van der Waals surface area contributed by atoms with Crippen LogP contribution in [0.2, 0.25) is 0 Å². The highest BCUT2D eigenvalue weighted by molar-refractivity contribution is 5.76. The first-order chi connectivity index (χ1) is 14.6. The van der Waals surface area contributed by atoms with E-state index in [2.05, 4.69) is 51.6 Å². The van der Waals surface area contributed by atoms with E-state index in [1.54, 1.807) is 24.4 Å². The fraction of sp³-hybridized carbons (Fsp3) is 0.261. The van der Waals surface area contributed by atoms with E-state index >= 15 is 0 Å². The Morgan fingerprint density at radius 2 is 1.77 bits per heavy atom. The van der Waals surface area contributed by atoms with Crippen molar-refractivity contribution in [3.63, 3.8) is 0 Å². The minimum Gasteiger partial charge on any atom is -0.354 e. The van der Waals surface area contributed by atoms with Gasteiger partial charge in [0.05, 0.1) is 11.9 Å². The smallest absolute Gasteiger partial charge is 0.224 e. The summed E-state index contributed by atoms with van der Waals surface area (Å²) in [6, 6.07) is 16.8. The minimum atomic E-state index is -0.324. The van der Waals surface area contributed by atoms with E-state index in [4.69, 9.17) is 0 Å². The highest BCUT2D eigenvalue weighted by atomic mass is 19.1. The van der Waals surface area contributed by atoms with E-state index in [1.165, 1.54) is 11.6 Å². The zero-order valence-corrected chi connectivity index (χ0v) is 17.1. The van der Waals surface area contributed by atoms with Gasteiger partial charge in [0, 0.05) is 13.1 Å². The van der Waals surface area contributed by atoms with E-state index < -0.39 is 0 Å². The van der Waals surface area contributed by atoms with Crippen LogP contribution in [0.4, 0.5) is 22.0 Å².